The van der Waals surface area contributed by atoms with E-state index in [-0.39, 0.29) is 5.56 Å². The Morgan fingerprint density at radius 2 is 2.08 bits per heavy atom. The van der Waals surface area contributed by atoms with Gasteiger partial charge in [-0.15, -0.1) is 0 Å². The molecule has 132 valence electrons. The molecule has 0 unspecified atom stereocenters. The number of rotatable bonds is 7. The highest BCUT2D eigenvalue weighted by Crippen LogP contribution is 2.16. The summed E-state index contributed by atoms with van der Waals surface area (Å²) in [5.74, 6) is 0.936. The molecule has 3 rings (SSSR count). The molecule has 3 aromatic rings. The average molecular weight is 358 g/mol. The van der Waals surface area contributed by atoms with Gasteiger partial charge in [0.05, 0.1) is 12.3 Å². The van der Waals surface area contributed by atoms with E-state index in [2.05, 4.69) is 15.0 Å². The summed E-state index contributed by atoms with van der Waals surface area (Å²) in [6.45, 7) is 6.09. The lowest BCUT2D eigenvalue weighted by atomic mass is 10.2. The van der Waals surface area contributed by atoms with Crippen LogP contribution in [-0.2, 0) is 6.54 Å². The minimum Gasteiger partial charge on any atom is -0.493 e. The Morgan fingerprint density at radius 1 is 1.28 bits per heavy atom. The largest absolute Gasteiger partial charge is 0.493 e. The van der Waals surface area contributed by atoms with Crippen LogP contribution in [0, 0.1) is 13.8 Å². The second-order valence-electron chi connectivity index (χ2n) is 6.11. The highest BCUT2D eigenvalue weighted by atomic mass is 32.1. The van der Waals surface area contributed by atoms with Crippen molar-refractivity contribution in [1.29, 1.82) is 0 Å². The molecule has 0 aliphatic rings. The lowest BCUT2D eigenvalue weighted by Crippen LogP contribution is -2.23. The van der Waals surface area contributed by atoms with E-state index in [0.29, 0.717) is 18.1 Å². The maximum Gasteiger partial charge on any atom is 0.275 e. The lowest BCUT2D eigenvalue weighted by molar-refractivity contribution is 0.256. The van der Waals surface area contributed by atoms with Crippen molar-refractivity contribution in [3.63, 3.8) is 0 Å². The third-order valence-electron chi connectivity index (χ3n) is 3.87. The number of hydrogen-bond donors (Lipinski definition) is 0. The summed E-state index contributed by atoms with van der Waals surface area (Å²) in [6.07, 6.45) is 0.908. The first-order valence-corrected chi connectivity index (χ1v) is 9.08. The van der Waals surface area contributed by atoms with Crippen molar-refractivity contribution < 1.29 is 4.74 Å². The maximum atomic E-state index is 12.1. The molecule has 2 heterocycles. The Balaban J connectivity index is 1.52. The molecule has 0 saturated carbocycles. The second kappa shape index (κ2) is 7.76. The molecular formula is C18H22N4O2S. The third-order valence-corrected chi connectivity index (χ3v) is 4.69. The monoisotopic (exact) mass is 358 g/mol. The van der Waals surface area contributed by atoms with Crippen LogP contribution < -0.4 is 10.3 Å². The fourth-order valence-electron chi connectivity index (χ4n) is 2.62. The Hall–Kier alpha value is -2.25. The zero-order valence-corrected chi connectivity index (χ0v) is 15.5. The number of fused-ring (bicyclic) bond motifs is 1. The molecule has 0 fully saturated rings. The van der Waals surface area contributed by atoms with E-state index in [0.717, 1.165) is 35.0 Å². The molecule has 2 aromatic heterocycles. The number of para-hydroxylation sites is 1. The highest BCUT2D eigenvalue weighted by molar-refractivity contribution is 7.16. The number of ether oxygens (including phenoxy) is 1. The number of aromatic nitrogens is 3. The molecule has 25 heavy (non-hydrogen) atoms. The van der Waals surface area contributed by atoms with Crippen LogP contribution in [0.1, 0.15) is 22.7 Å². The number of benzene rings is 1. The molecule has 7 heteroatoms. The molecule has 0 spiro atoms. The molecule has 0 aliphatic heterocycles. The first-order chi connectivity index (χ1) is 12.0. The van der Waals surface area contributed by atoms with E-state index in [4.69, 9.17) is 4.74 Å². The van der Waals surface area contributed by atoms with Gasteiger partial charge in [-0.3, -0.25) is 4.79 Å². The zero-order valence-electron chi connectivity index (χ0n) is 14.7. The fourth-order valence-corrected chi connectivity index (χ4v) is 3.39. The smallest absolute Gasteiger partial charge is 0.275 e. The fraction of sp³-hybridized carbons (Fsp3) is 0.389. The van der Waals surface area contributed by atoms with Gasteiger partial charge in [0.1, 0.15) is 10.8 Å². The highest BCUT2D eigenvalue weighted by Gasteiger charge is 2.09. The van der Waals surface area contributed by atoms with Crippen molar-refractivity contribution in [2.45, 2.75) is 26.8 Å². The van der Waals surface area contributed by atoms with Crippen LogP contribution in [0.3, 0.4) is 0 Å². The predicted molar refractivity (Wildman–Crippen MR) is 99.5 cm³/mol. The average Bonchev–Trinajstić information content (AvgIpc) is 2.94. The van der Waals surface area contributed by atoms with Gasteiger partial charge in [0.15, 0.2) is 0 Å². The van der Waals surface area contributed by atoms with Crippen molar-refractivity contribution in [3.8, 4) is 5.75 Å². The van der Waals surface area contributed by atoms with E-state index >= 15 is 0 Å². The normalized spacial score (nSPS) is 11.4. The van der Waals surface area contributed by atoms with Gasteiger partial charge in [0.2, 0.25) is 4.96 Å². The van der Waals surface area contributed by atoms with Gasteiger partial charge in [-0.25, -0.2) is 4.98 Å². The summed E-state index contributed by atoms with van der Waals surface area (Å²) >= 11 is 1.43. The van der Waals surface area contributed by atoms with Crippen molar-refractivity contribution in [1.82, 2.24) is 19.5 Å². The molecule has 0 N–H and O–H groups in total. The van der Waals surface area contributed by atoms with Gasteiger partial charge in [0.25, 0.3) is 5.56 Å². The maximum absolute atomic E-state index is 12.1. The van der Waals surface area contributed by atoms with Crippen LogP contribution in [0.5, 0.6) is 5.75 Å². The molecule has 0 saturated heterocycles. The molecule has 6 nitrogen and oxygen atoms in total. The quantitative estimate of drug-likeness (QED) is 0.608. The first kappa shape index (κ1) is 17.6. The van der Waals surface area contributed by atoms with Crippen molar-refractivity contribution >= 4 is 16.3 Å². The minimum atomic E-state index is -0.124. The van der Waals surface area contributed by atoms with Crippen LogP contribution in [-0.4, -0.2) is 39.7 Å². The van der Waals surface area contributed by atoms with Crippen LogP contribution in [0.25, 0.3) is 4.96 Å². The van der Waals surface area contributed by atoms with Gasteiger partial charge in [-0.1, -0.05) is 29.5 Å². The standard InChI is InChI=1S/C18H22N4O2S/c1-13-7-4-5-8-16(13)24-10-6-9-21(3)12-15-11-17(23)22-18(19-15)25-14(2)20-22/h4-5,7-8,11H,6,9-10,12H2,1-3H3. The Bertz CT molecular complexity index is 919. The molecule has 0 atom stereocenters. The third kappa shape index (κ3) is 4.43. The van der Waals surface area contributed by atoms with E-state index in [9.17, 15) is 4.79 Å². The van der Waals surface area contributed by atoms with Crippen LogP contribution >= 0.6 is 11.3 Å². The summed E-state index contributed by atoms with van der Waals surface area (Å²) in [6, 6.07) is 9.58. The summed E-state index contributed by atoms with van der Waals surface area (Å²) < 4.78 is 7.18. The summed E-state index contributed by atoms with van der Waals surface area (Å²) in [5.41, 5.74) is 1.80. The Kier molecular flexibility index (Phi) is 5.45. The molecule has 0 bridgehead atoms. The van der Waals surface area contributed by atoms with E-state index in [1.54, 1.807) is 6.07 Å². The lowest BCUT2D eigenvalue weighted by Gasteiger charge is -2.16. The first-order valence-electron chi connectivity index (χ1n) is 8.26. The Morgan fingerprint density at radius 3 is 2.88 bits per heavy atom. The van der Waals surface area contributed by atoms with Gasteiger partial charge < -0.3 is 9.64 Å². The summed E-state index contributed by atoms with van der Waals surface area (Å²) in [7, 11) is 2.02. The van der Waals surface area contributed by atoms with Crippen LogP contribution in [0.15, 0.2) is 35.1 Å². The summed E-state index contributed by atoms with van der Waals surface area (Å²) in [5, 5.41) is 5.00. The van der Waals surface area contributed by atoms with Crippen molar-refractivity contribution in [3.05, 3.63) is 57.0 Å². The second-order valence-corrected chi connectivity index (χ2v) is 7.27. The Labute approximate surface area is 150 Å². The van der Waals surface area contributed by atoms with Gasteiger partial charge >= 0.3 is 0 Å². The zero-order chi connectivity index (χ0) is 17.8. The van der Waals surface area contributed by atoms with Gasteiger partial charge in [-0.2, -0.15) is 9.61 Å². The molecular weight excluding hydrogens is 336 g/mol. The number of nitrogens with zero attached hydrogens (tertiary/aromatic N) is 4. The molecule has 0 aliphatic carbocycles. The topological polar surface area (TPSA) is 59.7 Å². The summed E-state index contributed by atoms with van der Waals surface area (Å²) in [4.78, 5) is 19.4. The molecule has 0 amide bonds. The van der Waals surface area contributed by atoms with E-state index in [1.165, 1.54) is 15.9 Å². The van der Waals surface area contributed by atoms with Gasteiger partial charge in [0, 0.05) is 19.2 Å². The molecule has 1 aromatic carbocycles. The minimum absolute atomic E-state index is 0.124. The van der Waals surface area contributed by atoms with Gasteiger partial charge in [-0.05, 0) is 38.9 Å². The predicted octanol–water partition coefficient (Wildman–Crippen LogP) is 2.67. The van der Waals surface area contributed by atoms with Crippen molar-refractivity contribution in [2.75, 3.05) is 20.2 Å². The van der Waals surface area contributed by atoms with E-state index in [1.807, 2.05) is 45.2 Å². The number of aryl methyl sites for hydroxylation is 2. The molecule has 0 radical (unpaired) electrons. The van der Waals surface area contributed by atoms with E-state index < -0.39 is 0 Å². The number of hydrogen-bond acceptors (Lipinski definition) is 6. The van der Waals surface area contributed by atoms with Crippen molar-refractivity contribution in [2.24, 2.45) is 0 Å². The SMILES string of the molecule is Cc1nn2c(=O)cc(CN(C)CCCOc3ccccc3C)nc2s1. The van der Waals surface area contributed by atoms with Crippen LogP contribution in [0.4, 0.5) is 0 Å². The van der Waals surface area contributed by atoms with Crippen LogP contribution in [0.2, 0.25) is 0 Å².